The van der Waals surface area contributed by atoms with Crippen LogP contribution in [-0.4, -0.2) is 24.1 Å². The van der Waals surface area contributed by atoms with Gasteiger partial charge in [0, 0.05) is 18.7 Å². The molecule has 0 bridgehead atoms. The summed E-state index contributed by atoms with van der Waals surface area (Å²) in [7, 11) is 0. The number of carbonyl (C=O) groups is 2. The summed E-state index contributed by atoms with van der Waals surface area (Å²) in [6.07, 6.45) is 1.34. The summed E-state index contributed by atoms with van der Waals surface area (Å²) in [5, 5.41) is 5.62. The molecule has 0 spiro atoms. The number of amides is 2. The normalized spacial score (nSPS) is 11.0. The maximum atomic E-state index is 12.1. The minimum Gasteiger partial charge on any atom is -0.444 e. The number of ether oxygens (including phenoxy) is 1. The Morgan fingerprint density at radius 1 is 1.22 bits per heavy atom. The largest absolute Gasteiger partial charge is 0.444 e. The first-order chi connectivity index (χ1) is 10.7. The Bertz CT molecular complexity index is 548. The molecule has 0 aliphatic heterocycles. The fourth-order valence-corrected chi connectivity index (χ4v) is 2.16. The van der Waals surface area contributed by atoms with Crippen LogP contribution < -0.4 is 10.6 Å². The summed E-state index contributed by atoms with van der Waals surface area (Å²) in [6, 6.07) is 6.00. The maximum absolute atomic E-state index is 12.1. The van der Waals surface area contributed by atoms with Gasteiger partial charge in [0.1, 0.15) is 5.60 Å². The van der Waals surface area contributed by atoms with E-state index in [4.69, 9.17) is 4.74 Å². The number of benzene rings is 1. The molecule has 0 saturated carbocycles. The predicted molar refractivity (Wildman–Crippen MR) is 92.7 cm³/mol. The van der Waals surface area contributed by atoms with E-state index >= 15 is 0 Å². The number of nitrogens with one attached hydrogen (secondary N) is 2. The summed E-state index contributed by atoms with van der Waals surface area (Å²) in [6.45, 7) is 9.90. The van der Waals surface area contributed by atoms with Gasteiger partial charge in [0.15, 0.2) is 0 Å². The van der Waals surface area contributed by atoms with Gasteiger partial charge in [0.25, 0.3) is 0 Å². The Labute approximate surface area is 138 Å². The number of hydrogen-bond acceptors (Lipinski definition) is 3. The Kier molecular flexibility index (Phi) is 7.07. The van der Waals surface area contributed by atoms with Gasteiger partial charge in [-0.3, -0.25) is 4.79 Å². The molecule has 1 aromatic carbocycles. The van der Waals surface area contributed by atoms with Crippen molar-refractivity contribution in [3.05, 3.63) is 29.3 Å². The zero-order valence-corrected chi connectivity index (χ0v) is 14.8. The molecule has 0 atom stereocenters. The van der Waals surface area contributed by atoms with Crippen LogP contribution in [0.1, 0.15) is 51.7 Å². The van der Waals surface area contributed by atoms with Crippen molar-refractivity contribution < 1.29 is 14.3 Å². The van der Waals surface area contributed by atoms with Gasteiger partial charge >= 0.3 is 6.09 Å². The fourth-order valence-electron chi connectivity index (χ4n) is 2.16. The van der Waals surface area contributed by atoms with E-state index < -0.39 is 11.7 Å². The van der Waals surface area contributed by atoms with Crippen LogP contribution in [0.5, 0.6) is 0 Å². The van der Waals surface area contributed by atoms with Crippen LogP contribution in [-0.2, 0) is 16.0 Å². The van der Waals surface area contributed by atoms with E-state index in [1.807, 2.05) is 45.9 Å². The van der Waals surface area contributed by atoms with Gasteiger partial charge in [-0.15, -0.1) is 0 Å². The molecule has 128 valence electrons. The lowest BCUT2D eigenvalue weighted by Gasteiger charge is -2.19. The van der Waals surface area contributed by atoms with E-state index in [1.54, 1.807) is 0 Å². The molecule has 0 heterocycles. The SMILES string of the molecule is CCc1cccc(C)c1NC(=O)CCCNC(=O)OC(C)(C)C. The van der Waals surface area contributed by atoms with Crippen LogP contribution in [0.4, 0.5) is 10.5 Å². The van der Waals surface area contributed by atoms with E-state index in [2.05, 4.69) is 17.6 Å². The maximum Gasteiger partial charge on any atom is 0.407 e. The van der Waals surface area contributed by atoms with Gasteiger partial charge in [0.2, 0.25) is 5.91 Å². The topological polar surface area (TPSA) is 67.4 Å². The molecule has 1 rings (SSSR count). The molecule has 23 heavy (non-hydrogen) atoms. The summed E-state index contributed by atoms with van der Waals surface area (Å²) >= 11 is 0. The highest BCUT2D eigenvalue weighted by Crippen LogP contribution is 2.21. The molecule has 0 fully saturated rings. The number of anilines is 1. The average Bonchev–Trinajstić information content (AvgIpc) is 2.44. The standard InChI is InChI=1S/C18H28N2O3/c1-6-14-10-7-9-13(2)16(14)20-15(21)11-8-12-19-17(22)23-18(3,4)5/h7,9-10H,6,8,11-12H2,1-5H3,(H,19,22)(H,20,21). The number of hydrogen-bond donors (Lipinski definition) is 2. The highest BCUT2D eigenvalue weighted by molar-refractivity contribution is 5.92. The van der Waals surface area contributed by atoms with Crippen molar-refractivity contribution in [3.63, 3.8) is 0 Å². The van der Waals surface area contributed by atoms with Gasteiger partial charge in [-0.2, -0.15) is 0 Å². The summed E-state index contributed by atoms with van der Waals surface area (Å²) in [5.74, 6) is -0.0417. The highest BCUT2D eigenvalue weighted by atomic mass is 16.6. The van der Waals surface area contributed by atoms with Crippen molar-refractivity contribution in [2.75, 3.05) is 11.9 Å². The molecule has 0 unspecified atom stereocenters. The smallest absolute Gasteiger partial charge is 0.407 e. The minimum atomic E-state index is -0.511. The molecule has 0 aliphatic carbocycles. The zero-order valence-electron chi connectivity index (χ0n) is 14.8. The van der Waals surface area contributed by atoms with Crippen molar-refractivity contribution in [2.24, 2.45) is 0 Å². The van der Waals surface area contributed by atoms with E-state index in [1.165, 1.54) is 0 Å². The van der Waals surface area contributed by atoms with Crippen molar-refractivity contribution in [2.45, 2.75) is 59.5 Å². The number of rotatable bonds is 6. The number of alkyl carbamates (subject to hydrolysis) is 1. The minimum absolute atomic E-state index is 0.0417. The molecule has 2 amide bonds. The first-order valence-electron chi connectivity index (χ1n) is 8.08. The second-order valence-corrected chi connectivity index (χ2v) is 6.54. The lowest BCUT2D eigenvalue weighted by Crippen LogP contribution is -2.33. The van der Waals surface area contributed by atoms with E-state index in [9.17, 15) is 9.59 Å². The van der Waals surface area contributed by atoms with Gasteiger partial charge in [-0.1, -0.05) is 25.1 Å². The Morgan fingerprint density at radius 2 is 1.91 bits per heavy atom. The summed E-state index contributed by atoms with van der Waals surface area (Å²) in [5.41, 5.74) is 2.58. The zero-order chi connectivity index (χ0) is 17.5. The molecule has 5 nitrogen and oxygen atoms in total. The average molecular weight is 320 g/mol. The predicted octanol–water partition coefficient (Wildman–Crippen LogP) is 3.80. The van der Waals surface area contributed by atoms with Crippen molar-refractivity contribution in [1.82, 2.24) is 5.32 Å². The van der Waals surface area contributed by atoms with Crippen LogP contribution in [0.25, 0.3) is 0 Å². The second kappa shape index (κ2) is 8.56. The monoisotopic (exact) mass is 320 g/mol. The van der Waals surface area contributed by atoms with Crippen LogP contribution in [0.15, 0.2) is 18.2 Å². The first kappa shape index (κ1) is 19.0. The highest BCUT2D eigenvalue weighted by Gasteiger charge is 2.15. The Hall–Kier alpha value is -2.04. The van der Waals surface area contributed by atoms with Crippen molar-refractivity contribution in [3.8, 4) is 0 Å². The van der Waals surface area contributed by atoms with E-state index in [0.717, 1.165) is 23.2 Å². The first-order valence-corrected chi connectivity index (χ1v) is 8.08. The number of carbonyl (C=O) groups excluding carboxylic acids is 2. The summed E-state index contributed by atoms with van der Waals surface area (Å²) in [4.78, 5) is 23.5. The molecular weight excluding hydrogens is 292 g/mol. The van der Waals surface area contributed by atoms with Crippen molar-refractivity contribution in [1.29, 1.82) is 0 Å². The third kappa shape index (κ3) is 7.17. The summed E-state index contributed by atoms with van der Waals surface area (Å²) < 4.78 is 5.14. The van der Waals surface area contributed by atoms with Crippen LogP contribution >= 0.6 is 0 Å². The van der Waals surface area contributed by atoms with Crippen LogP contribution in [0, 0.1) is 6.92 Å². The van der Waals surface area contributed by atoms with E-state index in [-0.39, 0.29) is 5.91 Å². The van der Waals surface area contributed by atoms with Crippen LogP contribution in [0.2, 0.25) is 0 Å². The van der Waals surface area contributed by atoms with Gasteiger partial charge in [-0.25, -0.2) is 4.79 Å². The number of para-hydroxylation sites is 1. The molecule has 0 aliphatic rings. The third-order valence-corrected chi connectivity index (χ3v) is 3.25. The second-order valence-electron chi connectivity index (χ2n) is 6.54. The lowest BCUT2D eigenvalue weighted by molar-refractivity contribution is -0.116. The van der Waals surface area contributed by atoms with Gasteiger partial charge in [-0.05, 0) is 51.7 Å². The van der Waals surface area contributed by atoms with E-state index in [0.29, 0.717) is 19.4 Å². The molecule has 0 saturated heterocycles. The lowest BCUT2D eigenvalue weighted by atomic mass is 10.1. The third-order valence-electron chi connectivity index (χ3n) is 3.25. The molecule has 0 radical (unpaired) electrons. The quantitative estimate of drug-likeness (QED) is 0.783. The van der Waals surface area contributed by atoms with Gasteiger partial charge < -0.3 is 15.4 Å². The number of aryl methyl sites for hydroxylation is 2. The molecule has 0 aromatic heterocycles. The molecule has 5 heteroatoms. The van der Waals surface area contributed by atoms with Crippen molar-refractivity contribution >= 4 is 17.7 Å². The fraction of sp³-hybridized carbons (Fsp3) is 0.556. The molecule has 2 N–H and O–H groups in total. The van der Waals surface area contributed by atoms with Gasteiger partial charge in [0.05, 0.1) is 0 Å². The molecule has 1 aromatic rings. The Balaban J connectivity index is 2.37. The molecular formula is C18H28N2O3. The van der Waals surface area contributed by atoms with Crippen LogP contribution in [0.3, 0.4) is 0 Å². The Morgan fingerprint density at radius 3 is 2.52 bits per heavy atom.